The molecule has 31 heavy (non-hydrogen) atoms. The lowest BCUT2D eigenvalue weighted by Gasteiger charge is -2.11. The molecule has 0 amide bonds. The van der Waals surface area contributed by atoms with Crippen LogP contribution in [0.1, 0.15) is 18.7 Å². The van der Waals surface area contributed by atoms with Crippen molar-refractivity contribution in [2.24, 2.45) is 0 Å². The molecule has 1 atom stereocenters. The van der Waals surface area contributed by atoms with E-state index in [9.17, 15) is 4.39 Å². The number of para-hydroxylation sites is 1. The van der Waals surface area contributed by atoms with Crippen LogP contribution in [-0.4, -0.2) is 29.5 Å². The van der Waals surface area contributed by atoms with Crippen LogP contribution in [0.15, 0.2) is 67.3 Å². The molecule has 0 bridgehead atoms. The van der Waals surface area contributed by atoms with Crippen LogP contribution < -0.4 is 5.73 Å². The number of benzene rings is 2. The predicted molar refractivity (Wildman–Crippen MR) is 118 cm³/mol. The van der Waals surface area contributed by atoms with Crippen LogP contribution in [-0.2, 0) is 0 Å². The molecule has 3 aromatic heterocycles. The number of fused-ring (bicyclic) bond motifs is 1. The van der Waals surface area contributed by atoms with Crippen molar-refractivity contribution >= 4 is 28.5 Å². The predicted octanol–water partition coefficient (Wildman–Crippen LogP) is 4.66. The van der Waals surface area contributed by atoms with Gasteiger partial charge in [0, 0.05) is 16.8 Å². The van der Waals surface area contributed by atoms with Gasteiger partial charge in [0.2, 0.25) is 0 Å². The molecule has 0 saturated heterocycles. The Morgan fingerprint density at radius 2 is 1.81 bits per heavy atom. The lowest BCUT2D eigenvalue weighted by atomic mass is 10.1. The van der Waals surface area contributed by atoms with Gasteiger partial charge in [0.1, 0.15) is 35.0 Å². The summed E-state index contributed by atoms with van der Waals surface area (Å²) < 4.78 is 17.5. The average Bonchev–Trinajstić information content (AvgIpc) is 3.40. The molecule has 0 unspecified atom stereocenters. The minimum absolute atomic E-state index is 0.238. The zero-order chi connectivity index (χ0) is 21.5. The summed E-state index contributed by atoms with van der Waals surface area (Å²) in [6, 6.07) is 13.7. The van der Waals surface area contributed by atoms with Gasteiger partial charge in [-0.1, -0.05) is 41.1 Å². The number of halogens is 2. The highest BCUT2D eigenvalue weighted by Gasteiger charge is 2.21. The quantitative estimate of drug-likeness (QED) is 0.445. The minimum atomic E-state index is -0.372. The van der Waals surface area contributed by atoms with Crippen molar-refractivity contribution in [2.45, 2.75) is 13.0 Å². The standard InChI is InChI=1S/C22H17ClFN7/c1-13(18-11-31(29-28-18)19-5-3-2-4-17(19)24)30-10-16(14-6-8-15(23)9-7-14)20-21(25)26-12-27-22(20)30/h2-13H,1H3,(H2,25,26,27)/t13-/m0/s1. The maximum Gasteiger partial charge on any atom is 0.148 e. The molecule has 0 aliphatic rings. The summed E-state index contributed by atoms with van der Waals surface area (Å²) in [5.74, 6) is 0.0134. The molecule has 3 heterocycles. The van der Waals surface area contributed by atoms with Gasteiger partial charge in [-0.15, -0.1) is 5.10 Å². The fourth-order valence-electron chi connectivity index (χ4n) is 3.62. The average molecular weight is 434 g/mol. The molecule has 0 spiro atoms. The van der Waals surface area contributed by atoms with Crippen LogP contribution >= 0.6 is 11.6 Å². The van der Waals surface area contributed by atoms with Crippen molar-refractivity contribution in [1.82, 2.24) is 29.5 Å². The number of nitrogen functional groups attached to an aromatic ring is 1. The molecule has 5 rings (SSSR count). The Kier molecular flexibility index (Phi) is 4.63. The Hall–Kier alpha value is -3.78. The second-order valence-corrected chi connectivity index (χ2v) is 7.57. The van der Waals surface area contributed by atoms with E-state index in [1.54, 1.807) is 24.4 Å². The van der Waals surface area contributed by atoms with Crippen molar-refractivity contribution in [3.63, 3.8) is 0 Å². The summed E-state index contributed by atoms with van der Waals surface area (Å²) in [6.45, 7) is 1.97. The normalized spacial score (nSPS) is 12.4. The van der Waals surface area contributed by atoms with Crippen molar-refractivity contribution in [3.05, 3.63) is 83.8 Å². The van der Waals surface area contributed by atoms with Gasteiger partial charge in [0.25, 0.3) is 0 Å². The molecule has 2 aromatic carbocycles. The summed E-state index contributed by atoms with van der Waals surface area (Å²) in [6.07, 6.45) is 5.11. The van der Waals surface area contributed by atoms with E-state index in [-0.39, 0.29) is 11.9 Å². The third-order valence-electron chi connectivity index (χ3n) is 5.25. The van der Waals surface area contributed by atoms with Crippen molar-refractivity contribution < 1.29 is 4.39 Å². The van der Waals surface area contributed by atoms with E-state index in [1.807, 2.05) is 42.0 Å². The summed E-state index contributed by atoms with van der Waals surface area (Å²) in [7, 11) is 0. The van der Waals surface area contributed by atoms with Gasteiger partial charge in [0.15, 0.2) is 0 Å². The second-order valence-electron chi connectivity index (χ2n) is 7.13. The first-order valence-corrected chi connectivity index (χ1v) is 9.95. The zero-order valence-electron chi connectivity index (χ0n) is 16.4. The molecule has 7 nitrogen and oxygen atoms in total. The molecule has 0 fully saturated rings. The highest BCUT2D eigenvalue weighted by atomic mass is 35.5. The molecule has 154 valence electrons. The molecule has 0 aliphatic carbocycles. The molecule has 0 saturated carbocycles. The maximum absolute atomic E-state index is 14.1. The molecule has 9 heteroatoms. The van der Waals surface area contributed by atoms with E-state index in [2.05, 4.69) is 20.3 Å². The van der Waals surface area contributed by atoms with Gasteiger partial charge in [-0.3, -0.25) is 0 Å². The zero-order valence-corrected chi connectivity index (χ0v) is 17.2. The third kappa shape index (κ3) is 3.30. The Bertz CT molecular complexity index is 1390. The molecule has 2 N–H and O–H groups in total. The van der Waals surface area contributed by atoms with E-state index < -0.39 is 0 Å². The Morgan fingerprint density at radius 1 is 1.03 bits per heavy atom. The lowest BCUT2D eigenvalue weighted by Crippen LogP contribution is -2.07. The van der Waals surface area contributed by atoms with E-state index in [0.29, 0.717) is 27.9 Å². The fourth-order valence-corrected chi connectivity index (χ4v) is 3.74. The summed E-state index contributed by atoms with van der Waals surface area (Å²) >= 11 is 6.05. The number of hydrogen-bond donors (Lipinski definition) is 1. The van der Waals surface area contributed by atoms with Crippen LogP contribution in [0.2, 0.25) is 5.02 Å². The topological polar surface area (TPSA) is 87.4 Å². The molecule has 5 aromatic rings. The summed E-state index contributed by atoms with van der Waals surface area (Å²) in [4.78, 5) is 8.63. The maximum atomic E-state index is 14.1. The minimum Gasteiger partial charge on any atom is -0.383 e. The van der Waals surface area contributed by atoms with Crippen LogP contribution in [0.4, 0.5) is 10.2 Å². The largest absolute Gasteiger partial charge is 0.383 e. The molecule has 0 radical (unpaired) electrons. The first-order chi connectivity index (χ1) is 15.0. The summed E-state index contributed by atoms with van der Waals surface area (Å²) in [5.41, 5.74) is 9.69. The highest BCUT2D eigenvalue weighted by Crippen LogP contribution is 2.35. The summed E-state index contributed by atoms with van der Waals surface area (Å²) in [5, 5.41) is 9.77. The van der Waals surface area contributed by atoms with Crippen LogP contribution in [0.5, 0.6) is 0 Å². The first-order valence-electron chi connectivity index (χ1n) is 9.57. The van der Waals surface area contributed by atoms with E-state index >= 15 is 0 Å². The number of anilines is 1. The fraction of sp³-hybridized carbons (Fsp3) is 0.0909. The Labute approximate surface area is 181 Å². The molecule has 0 aliphatic heterocycles. The lowest BCUT2D eigenvalue weighted by molar-refractivity contribution is 0.607. The van der Waals surface area contributed by atoms with Crippen LogP contribution in [0, 0.1) is 5.82 Å². The van der Waals surface area contributed by atoms with E-state index in [1.165, 1.54) is 17.1 Å². The van der Waals surface area contributed by atoms with Crippen LogP contribution in [0.3, 0.4) is 0 Å². The van der Waals surface area contributed by atoms with Crippen molar-refractivity contribution in [3.8, 4) is 16.8 Å². The van der Waals surface area contributed by atoms with Gasteiger partial charge in [0.05, 0.1) is 17.6 Å². The highest BCUT2D eigenvalue weighted by molar-refractivity contribution is 6.30. The molecular formula is C22H17ClFN7. The third-order valence-corrected chi connectivity index (χ3v) is 5.50. The molecular weight excluding hydrogens is 417 g/mol. The Balaban J connectivity index is 1.62. The smallest absolute Gasteiger partial charge is 0.148 e. The van der Waals surface area contributed by atoms with Gasteiger partial charge >= 0.3 is 0 Å². The van der Waals surface area contributed by atoms with Gasteiger partial charge in [-0.2, -0.15) is 0 Å². The van der Waals surface area contributed by atoms with E-state index in [4.69, 9.17) is 17.3 Å². The van der Waals surface area contributed by atoms with Crippen LogP contribution in [0.25, 0.3) is 27.8 Å². The second kappa shape index (κ2) is 7.48. The van der Waals surface area contributed by atoms with Gasteiger partial charge in [-0.25, -0.2) is 19.0 Å². The number of rotatable bonds is 4. The number of aromatic nitrogens is 6. The monoisotopic (exact) mass is 433 g/mol. The number of nitrogens with two attached hydrogens (primary N) is 1. The van der Waals surface area contributed by atoms with Crippen molar-refractivity contribution in [1.29, 1.82) is 0 Å². The van der Waals surface area contributed by atoms with Crippen molar-refractivity contribution in [2.75, 3.05) is 5.73 Å². The Morgan fingerprint density at radius 3 is 2.58 bits per heavy atom. The van der Waals surface area contributed by atoms with Gasteiger partial charge < -0.3 is 10.3 Å². The number of hydrogen-bond acceptors (Lipinski definition) is 5. The van der Waals surface area contributed by atoms with E-state index in [0.717, 1.165) is 16.5 Å². The first kappa shape index (κ1) is 19.2. The SMILES string of the molecule is C[C@@H](c1cn(-c2ccccc2F)nn1)n1cc(-c2ccc(Cl)cc2)c2c(N)ncnc21. The van der Waals surface area contributed by atoms with Gasteiger partial charge in [-0.05, 0) is 36.8 Å². The number of nitrogens with zero attached hydrogens (tertiary/aromatic N) is 6.